The van der Waals surface area contributed by atoms with Gasteiger partial charge in [0.1, 0.15) is 5.75 Å². The molecule has 8 heteroatoms. The Bertz CT molecular complexity index is 1020. The number of ether oxygens (including phenoxy) is 1. The normalized spacial score (nSPS) is 13.7. The van der Waals surface area contributed by atoms with Gasteiger partial charge >= 0.3 is 0 Å². The van der Waals surface area contributed by atoms with Crippen LogP contribution >= 0.6 is 0 Å². The van der Waals surface area contributed by atoms with Crippen LogP contribution in [0.4, 0.5) is 5.69 Å². The van der Waals surface area contributed by atoms with Crippen LogP contribution in [0.2, 0.25) is 0 Å². The third-order valence-electron chi connectivity index (χ3n) is 5.10. The van der Waals surface area contributed by atoms with E-state index in [0.29, 0.717) is 11.3 Å². The van der Waals surface area contributed by atoms with Crippen LogP contribution < -0.4 is 10.1 Å². The number of anilines is 1. The molecule has 0 saturated carbocycles. The van der Waals surface area contributed by atoms with E-state index in [0.717, 1.165) is 37.4 Å². The minimum absolute atomic E-state index is 0.0370. The predicted octanol–water partition coefficient (Wildman–Crippen LogP) is 3.15. The lowest BCUT2D eigenvalue weighted by molar-refractivity contribution is 0.0724. The molecule has 0 spiro atoms. The van der Waals surface area contributed by atoms with Gasteiger partial charge in [-0.05, 0) is 67.8 Å². The molecule has 2 amide bonds. The van der Waals surface area contributed by atoms with Gasteiger partial charge in [0.2, 0.25) is 0 Å². The number of amides is 2. The Morgan fingerprint density at radius 3 is 2.33 bits per heavy atom. The van der Waals surface area contributed by atoms with E-state index in [1.165, 1.54) is 11.1 Å². The van der Waals surface area contributed by atoms with E-state index in [1.807, 2.05) is 29.2 Å². The zero-order valence-corrected chi connectivity index (χ0v) is 16.7. The maximum absolute atomic E-state index is 12.5. The summed E-state index contributed by atoms with van der Waals surface area (Å²) < 4.78 is 6.66. The number of likely N-dealkylation sites (tertiary alicyclic amines) is 1. The van der Waals surface area contributed by atoms with Crippen molar-refractivity contribution in [2.75, 3.05) is 25.5 Å². The molecule has 1 aliphatic heterocycles. The van der Waals surface area contributed by atoms with Gasteiger partial charge in [-0.1, -0.05) is 5.21 Å². The standard InChI is InChI=1S/C22H23N5O3/c1-30-19-11-9-18(10-12-19)27-15-20(24-25-27)21(28)23-17-7-5-16(6-8-17)22(29)26-13-3-2-4-14-26/h5-12,15H,2-4,13-14H2,1H3,(H,23,28). The summed E-state index contributed by atoms with van der Waals surface area (Å²) in [5.41, 5.74) is 2.18. The van der Waals surface area contributed by atoms with Gasteiger partial charge in [-0.2, -0.15) is 0 Å². The van der Waals surface area contributed by atoms with E-state index in [4.69, 9.17) is 4.74 Å². The first kappa shape index (κ1) is 19.6. The van der Waals surface area contributed by atoms with E-state index >= 15 is 0 Å². The molecule has 0 aliphatic carbocycles. The molecule has 1 fully saturated rings. The molecule has 1 N–H and O–H groups in total. The molecule has 1 saturated heterocycles. The van der Waals surface area contributed by atoms with Crippen molar-refractivity contribution in [2.45, 2.75) is 19.3 Å². The van der Waals surface area contributed by atoms with Crippen LogP contribution in [0.3, 0.4) is 0 Å². The summed E-state index contributed by atoms with van der Waals surface area (Å²) in [6, 6.07) is 14.2. The molecule has 8 nitrogen and oxygen atoms in total. The first-order valence-corrected chi connectivity index (χ1v) is 9.91. The quantitative estimate of drug-likeness (QED) is 0.704. The number of hydrogen-bond donors (Lipinski definition) is 1. The van der Waals surface area contributed by atoms with Crippen LogP contribution in [0.5, 0.6) is 5.75 Å². The fourth-order valence-corrected chi connectivity index (χ4v) is 3.40. The van der Waals surface area contributed by atoms with Gasteiger partial charge in [0.05, 0.1) is 19.0 Å². The van der Waals surface area contributed by atoms with Gasteiger partial charge in [0.25, 0.3) is 11.8 Å². The minimum Gasteiger partial charge on any atom is -0.497 e. The van der Waals surface area contributed by atoms with Gasteiger partial charge in [0, 0.05) is 24.3 Å². The highest BCUT2D eigenvalue weighted by atomic mass is 16.5. The summed E-state index contributed by atoms with van der Waals surface area (Å²) in [5, 5.41) is 10.7. The van der Waals surface area contributed by atoms with Crippen LogP contribution in [-0.4, -0.2) is 51.9 Å². The van der Waals surface area contributed by atoms with Crippen molar-refractivity contribution >= 4 is 17.5 Å². The molecule has 2 heterocycles. The van der Waals surface area contributed by atoms with Crippen molar-refractivity contribution in [3.8, 4) is 11.4 Å². The molecule has 0 unspecified atom stereocenters. The Hall–Kier alpha value is -3.68. The SMILES string of the molecule is COc1ccc(-n2cc(C(=O)Nc3ccc(C(=O)N4CCCCC4)cc3)nn2)cc1. The fourth-order valence-electron chi connectivity index (χ4n) is 3.40. The molecule has 0 radical (unpaired) electrons. The summed E-state index contributed by atoms with van der Waals surface area (Å²) in [6.45, 7) is 1.61. The van der Waals surface area contributed by atoms with Crippen molar-refractivity contribution in [3.63, 3.8) is 0 Å². The largest absolute Gasteiger partial charge is 0.497 e. The monoisotopic (exact) mass is 405 g/mol. The number of aromatic nitrogens is 3. The molecule has 3 aromatic rings. The number of piperidine rings is 1. The first-order valence-electron chi connectivity index (χ1n) is 9.91. The van der Waals surface area contributed by atoms with Gasteiger partial charge in [-0.3, -0.25) is 9.59 Å². The Morgan fingerprint density at radius 2 is 1.67 bits per heavy atom. The van der Waals surface area contributed by atoms with Gasteiger partial charge in [-0.25, -0.2) is 4.68 Å². The van der Waals surface area contributed by atoms with Gasteiger partial charge in [0.15, 0.2) is 5.69 Å². The van der Waals surface area contributed by atoms with Crippen molar-refractivity contribution < 1.29 is 14.3 Å². The first-order chi connectivity index (χ1) is 14.6. The van der Waals surface area contributed by atoms with E-state index in [1.54, 1.807) is 37.6 Å². The number of benzene rings is 2. The molecular formula is C22H23N5O3. The van der Waals surface area contributed by atoms with E-state index in [-0.39, 0.29) is 17.5 Å². The summed E-state index contributed by atoms with van der Waals surface area (Å²) in [5.74, 6) is 0.402. The van der Waals surface area contributed by atoms with Crippen molar-refractivity contribution in [2.24, 2.45) is 0 Å². The molecule has 1 aliphatic rings. The number of carbonyl (C=O) groups excluding carboxylic acids is 2. The zero-order valence-electron chi connectivity index (χ0n) is 16.7. The van der Waals surface area contributed by atoms with Crippen molar-refractivity contribution in [3.05, 3.63) is 66.0 Å². The zero-order chi connectivity index (χ0) is 20.9. The number of carbonyl (C=O) groups is 2. The fraction of sp³-hybridized carbons (Fsp3) is 0.273. The second-order valence-electron chi connectivity index (χ2n) is 7.13. The second-order valence-corrected chi connectivity index (χ2v) is 7.13. The Balaban J connectivity index is 1.40. The van der Waals surface area contributed by atoms with Crippen LogP contribution in [0.25, 0.3) is 5.69 Å². The summed E-state index contributed by atoms with van der Waals surface area (Å²) >= 11 is 0. The van der Waals surface area contributed by atoms with Crippen LogP contribution in [0.1, 0.15) is 40.1 Å². The number of nitrogens with one attached hydrogen (secondary N) is 1. The summed E-state index contributed by atoms with van der Waals surface area (Å²) in [7, 11) is 1.60. The van der Waals surface area contributed by atoms with E-state index < -0.39 is 0 Å². The molecule has 1 aromatic heterocycles. The molecule has 0 atom stereocenters. The average molecular weight is 405 g/mol. The molecule has 154 valence electrons. The van der Waals surface area contributed by atoms with Gasteiger partial charge in [-0.15, -0.1) is 5.10 Å². The lowest BCUT2D eigenvalue weighted by Crippen LogP contribution is -2.35. The molecular weight excluding hydrogens is 382 g/mol. The topological polar surface area (TPSA) is 89.4 Å². The van der Waals surface area contributed by atoms with E-state index in [9.17, 15) is 9.59 Å². The molecule has 30 heavy (non-hydrogen) atoms. The van der Waals surface area contributed by atoms with Crippen molar-refractivity contribution in [1.29, 1.82) is 0 Å². The van der Waals surface area contributed by atoms with Gasteiger partial charge < -0.3 is 15.0 Å². The number of hydrogen-bond acceptors (Lipinski definition) is 5. The van der Waals surface area contributed by atoms with Crippen molar-refractivity contribution in [1.82, 2.24) is 19.9 Å². The van der Waals surface area contributed by atoms with Crippen LogP contribution in [0, 0.1) is 0 Å². The predicted molar refractivity (Wildman–Crippen MR) is 112 cm³/mol. The third-order valence-corrected chi connectivity index (χ3v) is 5.10. The number of methoxy groups -OCH3 is 1. The third kappa shape index (κ3) is 4.32. The van der Waals surface area contributed by atoms with Crippen LogP contribution in [0.15, 0.2) is 54.7 Å². The summed E-state index contributed by atoms with van der Waals surface area (Å²) in [4.78, 5) is 26.9. The second kappa shape index (κ2) is 8.77. The van der Waals surface area contributed by atoms with Crippen LogP contribution in [-0.2, 0) is 0 Å². The highest BCUT2D eigenvalue weighted by molar-refractivity contribution is 6.03. The number of rotatable bonds is 5. The smallest absolute Gasteiger partial charge is 0.277 e. The molecule has 2 aromatic carbocycles. The summed E-state index contributed by atoms with van der Waals surface area (Å²) in [6.07, 6.45) is 4.84. The van der Waals surface area contributed by atoms with E-state index in [2.05, 4.69) is 15.6 Å². The lowest BCUT2D eigenvalue weighted by atomic mass is 10.1. The Labute approximate surface area is 174 Å². The maximum Gasteiger partial charge on any atom is 0.277 e. The number of nitrogens with zero attached hydrogens (tertiary/aromatic N) is 4. The Kier molecular flexibility index (Phi) is 5.74. The highest BCUT2D eigenvalue weighted by Gasteiger charge is 2.18. The molecule has 4 rings (SSSR count). The lowest BCUT2D eigenvalue weighted by Gasteiger charge is -2.26. The maximum atomic E-state index is 12.5. The molecule has 0 bridgehead atoms. The minimum atomic E-state index is -0.370. The highest BCUT2D eigenvalue weighted by Crippen LogP contribution is 2.17. The average Bonchev–Trinajstić information content (AvgIpc) is 3.30. The Morgan fingerprint density at radius 1 is 0.967 bits per heavy atom.